The van der Waals surface area contributed by atoms with E-state index in [2.05, 4.69) is 10.6 Å². The Hall–Kier alpha value is -1.82. The number of halogens is 1. The summed E-state index contributed by atoms with van der Waals surface area (Å²) in [5.41, 5.74) is 0.250. The van der Waals surface area contributed by atoms with Crippen molar-refractivity contribution in [2.75, 3.05) is 30.4 Å². The topological polar surface area (TPSA) is 59.6 Å². The molecule has 0 atom stereocenters. The van der Waals surface area contributed by atoms with Crippen molar-refractivity contribution in [2.45, 2.75) is 39.2 Å². The van der Waals surface area contributed by atoms with Gasteiger partial charge in [0.2, 0.25) is 0 Å². The fraction of sp³-hybridized carbons (Fsp3) is 0.588. The molecule has 0 saturated carbocycles. The quantitative estimate of drug-likeness (QED) is 0.878. The molecule has 0 unspecified atom stereocenters. The van der Waals surface area contributed by atoms with Crippen LogP contribution in [0, 0.1) is 11.7 Å². The number of carbonyl (C=O) groups excluding carboxylic acids is 1. The van der Waals surface area contributed by atoms with Crippen molar-refractivity contribution >= 4 is 17.5 Å². The molecule has 0 spiro atoms. The molecule has 1 fully saturated rings. The van der Waals surface area contributed by atoms with Gasteiger partial charge in [0.05, 0.1) is 5.69 Å². The van der Waals surface area contributed by atoms with Crippen LogP contribution in [-0.2, 0) is 9.47 Å². The Balaban J connectivity index is 1.93. The van der Waals surface area contributed by atoms with E-state index in [0.29, 0.717) is 5.92 Å². The van der Waals surface area contributed by atoms with Crippen LogP contribution in [0.25, 0.3) is 0 Å². The Kier molecular flexibility index (Phi) is 5.82. The summed E-state index contributed by atoms with van der Waals surface area (Å²) >= 11 is 0. The first-order valence-corrected chi connectivity index (χ1v) is 7.95. The molecule has 0 bridgehead atoms. The van der Waals surface area contributed by atoms with Gasteiger partial charge in [0.25, 0.3) is 0 Å². The lowest BCUT2D eigenvalue weighted by Crippen LogP contribution is -2.27. The smallest absolute Gasteiger partial charge is 0.412 e. The maximum absolute atomic E-state index is 13.8. The van der Waals surface area contributed by atoms with Crippen molar-refractivity contribution < 1.29 is 18.7 Å². The normalized spacial score (nSPS) is 16.0. The summed E-state index contributed by atoms with van der Waals surface area (Å²) in [5, 5.41) is 5.74. The largest absolute Gasteiger partial charge is 0.444 e. The number of hydrogen-bond acceptors (Lipinski definition) is 4. The Labute approximate surface area is 136 Å². The number of hydrogen-bond donors (Lipinski definition) is 2. The van der Waals surface area contributed by atoms with Gasteiger partial charge in [0.1, 0.15) is 11.4 Å². The summed E-state index contributed by atoms with van der Waals surface area (Å²) in [5.74, 6) is 0.0588. The van der Waals surface area contributed by atoms with Crippen molar-refractivity contribution in [2.24, 2.45) is 5.92 Å². The van der Waals surface area contributed by atoms with E-state index in [1.165, 1.54) is 6.07 Å². The molecule has 5 nitrogen and oxygen atoms in total. The minimum atomic E-state index is -0.669. The van der Waals surface area contributed by atoms with Gasteiger partial charge in [-0.1, -0.05) is 0 Å². The standard InChI is InChI=1S/C17H25FN2O3/c1-17(2,3)23-16(21)20-15-10-13(4-5-14(15)18)19-11-12-6-8-22-9-7-12/h4-5,10,12,19H,6-9,11H2,1-3H3,(H,20,21). The fourth-order valence-corrected chi connectivity index (χ4v) is 2.36. The molecule has 6 heteroatoms. The Morgan fingerprint density at radius 3 is 2.70 bits per heavy atom. The fourth-order valence-electron chi connectivity index (χ4n) is 2.36. The zero-order chi connectivity index (χ0) is 16.9. The SMILES string of the molecule is CC(C)(C)OC(=O)Nc1cc(NCC2CCOCC2)ccc1F. The van der Waals surface area contributed by atoms with Gasteiger partial charge in [-0.25, -0.2) is 9.18 Å². The molecule has 1 saturated heterocycles. The van der Waals surface area contributed by atoms with Crippen LogP contribution in [0.2, 0.25) is 0 Å². The predicted octanol–water partition coefficient (Wildman–Crippen LogP) is 4.01. The first-order valence-electron chi connectivity index (χ1n) is 7.95. The second-order valence-electron chi connectivity index (χ2n) is 6.76. The molecule has 1 aliphatic rings. The molecule has 23 heavy (non-hydrogen) atoms. The zero-order valence-electron chi connectivity index (χ0n) is 13.9. The van der Waals surface area contributed by atoms with Crippen LogP contribution in [0.15, 0.2) is 18.2 Å². The van der Waals surface area contributed by atoms with Gasteiger partial charge in [-0.15, -0.1) is 0 Å². The molecule has 0 aliphatic carbocycles. The van der Waals surface area contributed by atoms with E-state index >= 15 is 0 Å². The van der Waals surface area contributed by atoms with Gasteiger partial charge >= 0.3 is 6.09 Å². The Morgan fingerprint density at radius 2 is 2.04 bits per heavy atom. The minimum absolute atomic E-state index is 0.108. The van der Waals surface area contributed by atoms with Crippen molar-refractivity contribution in [3.63, 3.8) is 0 Å². The van der Waals surface area contributed by atoms with E-state index in [0.717, 1.165) is 38.3 Å². The van der Waals surface area contributed by atoms with Crippen LogP contribution in [0.5, 0.6) is 0 Å². The Morgan fingerprint density at radius 1 is 1.35 bits per heavy atom. The lowest BCUT2D eigenvalue weighted by molar-refractivity contribution is 0.0635. The second-order valence-corrected chi connectivity index (χ2v) is 6.76. The molecule has 1 aromatic rings. The van der Waals surface area contributed by atoms with Gasteiger partial charge in [-0.2, -0.15) is 0 Å². The van der Waals surface area contributed by atoms with Gasteiger partial charge in [-0.05, 0) is 57.7 Å². The van der Waals surface area contributed by atoms with Crippen LogP contribution < -0.4 is 10.6 Å². The molecule has 1 heterocycles. The van der Waals surface area contributed by atoms with Crippen molar-refractivity contribution in [1.29, 1.82) is 0 Å². The third kappa shape index (κ3) is 6.06. The van der Waals surface area contributed by atoms with Crippen LogP contribution in [0.1, 0.15) is 33.6 Å². The third-order valence-electron chi connectivity index (χ3n) is 3.54. The molecule has 128 valence electrons. The summed E-state index contributed by atoms with van der Waals surface area (Å²) in [6.07, 6.45) is 1.38. The molecular formula is C17H25FN2O3. The van der Waals surface area contributed by atoms with Gasteiger partial charge in [0.15, 0.2) is 0 Å². The number of nitrogens with one attached hydrogen (secondary N) is 2. The molecule has 2 rings (SSSR count). The van der Waals surface area contributed by atoms with Gasteiger partial charge in [0, 0.05) is 25.4 Å². The lowest BCUT2D eigenvalue weighted by Gasteiger charge is -2.23. The van der Waals surface area contributed by atoms with Crippen LogP contribution in [0.3, 0.4) is 0 Å². The highest BCUT2D eigenvalue weighted by molar-refractivity contribution is 5.85. The summed E-state index contributed by atoms with van der Waals surface area (Å²) in [6.45, 7) is 7.67. The number of anilines is 2. The van der Waals surface area contributed by atoms with E-state index < -0.39 is 17.5 Å². The highest BCUT2D eigenvalue weighted by atomic mass is 19.1. The molecule has 1 aliphatic heterocycles. The van der Waals surface area contributed by atoms with E-state index in [-0.39, 0.29) is 5.69 Å². The molecule has 2 N–H and O–H groups in total. The minimum Gasteiger partial charge on any atom is -0.444 e. The lowest BCUT2D eigenvalue weighted by atomic mass is 10.0. The maximum Gasteiger partial charge on any atom is 0.412 e. The van der Waals surface area contributed by atoms with Crippen molar-refractivity contribution in [3.05, 3.63) is 24.0 Å². The monoisotopic (exact) mass is 324 g/mol. The summed E-state index contributed by atoms with van der Waals surface area (Å²) in [6, 6.07) is 4.58. The molecule has 1 amide bonds. The average molecular weight is 324 g/mol. The van der Waals surface area contributed by atoms with E-state index in [1.807, 2.05) is 0 Å². The number of carbonyl (C=O) groups is 1. The van der Waals surface area contributed by atoms with Gasteiger partial charge in [-0.3, -0.25) is 5.32 Å². The van der Waals surface area contributed by atoms with E-state index in [1.54, 1.807) is 32.9 Å². The maximum atomic E-state index is 13.8. The van der Waals surface area contributed by atoms with E-state index in [9.17, 15) is 9.18 Å². The summed E-state index contributed by atoms with van der Waals surface area (Å²) in [7, 11) is 0. The van der Waals surface area contributed by atoms with Crippen molar-refractivity contribution in [3.8, 4) is 0 Å². The van der Waals surface area contributed by atoms with Crippen LogP contribution in [0.4, 0.5) is 20.6 Å². The third-order valence-corrected chi connectivity index (χ3v) is 3.54. The predicted molar refractivity (Wildman–Crippen MR) is 88.3 cm³/mol. The number of benzene rings is 1. The highest BCUT2D eigenvalue weighted by Crippen LogP contribution is 2.22. The average Bonchev–Trinajstić information content (AvgIpc) is 2.47. The zero-order valence-corrected chi connectivity index (χ0v) is 13.9. The number of rotatable bonds is 4. The van der Waals surface area contributed by atoms with E-state index in [4.69, 9.17) is 9.47 Å². The van der Waals surface area contributed by atoms with Crippen LogP contribution >= 0.6 is 0 Å². The summed E-state index contributed by atoms with van der Waals surface area (Å²) < 4.78 is 24.3. The molecule has 1 aromatic carbocycles. The summed E-state index contributed by atoms with van der Waals surface area (Å²) in [4.78, 5) is 11.8. The Bertz CT molecular complexity index is 537. The van der Waals surface area contributed by atoms with Crippen molar-refractivity contribution in [1.82, 2.24) is 0 Å². The molecule has 0 radical (unpaired) electrons. The highest BCUT2D eigenvalue weighted by Gasteiger charge is 2.18. The number of ether oxygens (including phenoxy) is 2. The van der Waals surface area contributed by atoms with Crippen LogP contribution in [-0.4, -0.2) is 31.5 Å². The first-order chi connectivity index (χ1) is 10.8. The number of amides is 1. The molecule has 0 aromatic heterocycles. The van der Waals surface area contributed by atoms with Gasteiger partial charge < -0.3 is 14.8 Å². The molecular weight excluding hydrogens is 299 g/mol. The second kappa shape index (κ2) is 7.64. The first kappa shape index (κ1) is 17.5.